The standard InChI is InChI=1S/C27H29F6N3O/c28-26(29,30)22-14-19(15-23(16-22)27(31,32)33)17-34-25(37)24-9-5-11-36(24)13-12-35-10-4-8-21(18-35)20-6-2-1-3-7-20/h1-3,5-7,9,14-16,21,24H,4,8,10-13,17-18H2,(H,34,37)/t21?,24-/m0/s1. The number of hydrogen-bond acceptors (Lipinski definition) is 3. The van der Waals surface area contributed by atoms with E-state index in [4.69, 9.17) is 0 Å². The van der Waals surface area contributed by atoms with Crippen LogP contribution in [0.25, 0.3) is 0 Å². The van der Waals surface area contributed by atoms with E-state index in [0.29, 0.717) is 31.1 Å². The molecule has 2 heterocycles. The highest BCUT2D eigenvalue weighted by molar-refractivity contribution is 5.84. The van der Waals surface area contributed by atoms with Crippen molar-refractivity contribution in [3.63, 3.8) is 0 Å². The summed E-state index contributed by atoms with van der Waals surface area (Å²) in [5.74, 6) is 0.000302. The largest absolute Gasteiger partial charge is 0.416 e. The summed E-state index contributed by atoms with van der Waals surface area (Å²) in [6.45, 7) is 3.40. The second kappa shape index (κ2) is 11.3. The van der Waals surface area contributed by atoms with E-state index >= 15 is 0 Å². The maximum Gasteiger partial charge on any atom is 0.416 e. The van der Waals surface area contributed by atoms with Crippen LogP contribution >= 0.6 is 0 Å². The molecule has 2 aromatic rings. The minimum atomic E-state index is -4.93. The quantitative estimate of drug-likeness (QED) is 0.385. The summed E-state index contributed by atoms with van der Waals surface area (Å²) >= 11 is 0. The van der Waals surface area contributed by atoms with Gasteiger partial charge >= 0.3 is 12.4 Å². The molecule has 0 spiro atoms. The predicted molar refractivity (Wildman–Crippen MR) is 128 cm³/mol. The molecule has 37 heavy (non-hydrogen) atoms. The third-order valence-electron chi connectivity index (χ3n) is 6.91. The van der Waals surface area contributed by atoms with Crippen LogP contribution in [-0.2, 0) is 23.7 Å². The lowest BCUT2D eigenvalue weighted by atomic mass is 9.91. The van der Waals surface area contributed by atoms with Crippen molar-refractivity contribution in [2.45, 2.75) is 43.7 Å². The fourth-order valence-electron chi connectivity index (χ4n) is 4.98. The Kier molecular flexibility index (Phi) is 8.28. The van der Waals surface area contributed by atoms with Gasteiger partial charge in [-0.2, -0.15) is 26.3 Å². The molecule has 1 unspecified atom stereocenters. The van der Waals surface area contributed by atoms with E-state index in [1.54, 1.807) is 6.08 Å². The molecular weight excluding hydrogens is 496 g/mol. The van der Waals surface area contributed by atoms with E-state index in [1.165, 1.54) is 5.56 Å². The van der Waals surface area contributed by atoms with E-state index < -0.39 is 42.0 Å². The summed E-state index contributed by atoms with van der Waals surface area (Å²) < 4.78 is 78.7. The molecule has 1 amide bonds. The van der Waals surface area contributed by atoms with E-state index in [1.807, 2.05) is 29.2 Å². The van der Waals surface area contributed by atoms with Gasteiger partial charge in [-0.25, -0.2) is 0 Å². The Balaban J connectivity index is 1.33. The molecule has 1 N–H and O–H groups in total. The highest BCUT2D eigenvalue weighted by Crippen LogP contribution is 2.36. The lowest BCUT2D eigenvalue weighted by Gasteiger charge is -2.34. The molecule has 0 bridgehead atoms. The summed E-state index contributed by atoms with van der Waals surface area (Å²) in [5.41, 5.74) is -1.74. The van der Waals surface area contributed by atoms with Gasteiger partial charge in [-0.05, 0) is 54.6 Å². The van der Waals surface area contributed by atoms with Crippen molar-refractivity contribution in [3.05, 3.63) is 82.9 Å². The monoisotopic (exact) mass is 525 g/mol. The lowest BCUT2D eigenvalue weighted by Crippen LogP contribution is -2.47. The first-order valence-corrected chi connectivity index (χ1v) is 12.2. The Hall–Kier alpha value is -2.85. The van der Waals surface area contributed by atoms with E-state index in [2.05, 4.69) is 22.3 Å². The second-order valence-electron chi connectivity index (χ2n) is 9.55. The molecule has 2 atom stereocenters. The minimum absolute atomic E-state index is 0.0791. The molecule has 4 nitrogen and oxygen atoms in total. The third-order valence-corrected chi connectivity index (χ3v) is 6.91. The van der Waals surface area contributed by atoms with Gasteiger partial charge in [0.15, 0.2) is 0 Å². The zero-order valence-electron chi connectivity index (χ0n) is 20.2. The first-order valence-electron chi connectivity index (χ1n) is 12.2. The van der Waals surface area contributed by atoms with Crippen LogP contribution in [0.2, 0.25) is 0 Å². The average Bonchev–Trinajstić information content (AvgIpc) is 3.34. The van der Waals surface area contributed by atoms with Crippen LogP contribution in [0.15, 0.2) is 60.7 Å². The van der Waals surface area contributed by atoms with Gasteiger partial charge in [0.25, 0.3) is 0 Å². The van der Waals surface area contributed by atoms with Gasteiger partial charge < -0.3 is 10.2 Å². The molecular formula is C27H29F6N3O. The normalized spacial score (nSPS) is 21.4. The van der Waals surface area contributed by atoms with Crippen molar-refractivity contribution >= 4 is 5.91 Å². The van der Waals surface area contributed by atoms with Crippen LogP contribution in [-0.4, -0.2) is 54.5 Å². The zero-order valence-corrected chi connectivity index (χ0v) is 20.2. The van der Waals surface area contributed by atoms with Gasteiger partial charge in [0.2, 0.25) is 5.91 Å². The topological polar surface area (TPSA) is 35.6 Å². The molecule has 2 aliphatic rings. The van der Waals surface area contributed by atoms with Gasteiger partial charge in [0.1, 0.15) is 6.04 Å². The first kappa shape index (κ1) is 27.2. The van der Waals surface area contributed by atoms with Crippen molar-refractivity contribution in [2.75, 3.05) is 32.7 Å². The maximum atomic E-state index is 13.1. The van der Waals surface area contributed by atoms with Crippen LogP contribution in [0, 0.1) is 0 Å². The molecule has 4 rings (SSSR count). The second-order valence-corrected chi connectivity index (χ2v) is 9.55. The Morgan fingerprint density at radius 3 is 2.27 bits per heavy atom. The number of nitrogens with zero attached hydrogens (tertiary/aromatic N) is 2. The van der Waals surface area contributed by atoms with Gasteiger partial charge in [-0.15, -0.1) is 0 Å². The fourth-order valence-corrected chi connectivity index (χ4v) is 4.98. The highest BCUT2D eigenvalue weighted by atomic mass is 19.4. The molecule has 1 saturated heterocycles. The fraction of sp³-hybridized carbons (Fsp3) is 0.444. The molecule has 0 aliphatic carbocycles. The molecule has 0 aromatic heterocycles. The Labute approximate surface area is 211 Å². The van der Waals surface area contributed by atoms with Crippen LogP contribution in [0.5, 0.6) is 0 Å². The van der Waals surface area contributed by atoms with Crippen molar-refractivity contribution in [1.29, 1.82) is 0 Å². The number of halogens is 6. The Morgan fingerprint density at radius 1 is 0.946 bits per heavy atom. The summed E-state index contributed by atoms with van der Waals surface area (Å²) in [6, 6.07) is 11.1. The lowest BCUT2D eigenvalue weighted by molar-refractivity contribution is -0.143. The van der Waals surface area contributed by atoms with Crippen molar-refractivity contribution in [3.8, 4) is 0 Å². The highest BCUT2D eigenvalue weighted by Gasteiger charge is 2.37. The SMILES string of the molecule is O=C(NCc1cc(C(F)(F)F)cc(C(F)(F)F)c1)[C@@H]1C=CCN1CCN1CCCC(c2ccccc2)C1. The number of alkyl halides is 6. The van der Waals surface area contributed by atoms with E-state index in [0.717, 1.165) is 32.5 Å². The summed E-state index contributed by atoms with van der Waals surface area (Å²) in [6.07, 6.45) is -4.09. The average molecular weight is 526 g/mol. The first-order chi connectivity index (χ1) is 17.5. The van der Waals surface area contributed by atoms with E-state index in [-0.39, 0.29) is 11.6 Å². The summed E-state index contributed by atoms with van der Waals surface area (Å²) in [7, 11) is 0. The number of likely N-dealkylation sites (tertiary alicyclic amines) is 1. The number of benzene rings is 2. The minimum Gasteiger partial charge on any atom is -0.350 e. The summed E-state index contributed by atoms with van der Waals surface area (Å²) in [4.78, 5) is 17.1. The van der Waals surface area contributed by atoms with Crippen LogP contribution < -0.4 is 5.32 Å². The van der Waals surface area contributed by atoms with Gasteiger partial charge in [0, 0.05) is 32.7 Å². The smallest absolute Gasteiger partial charge is 0.350 e. The van der Waals surface area contributed by atoms with Crippen molar-refractivity contribution < 1.29 is 31.1 Å². The van der Waals surface area contributed by atoms with Gasteiger partial charge in [-0.1, -0.05) is 42.5 Å². The van der Waals surface area contributed by atoms with Crippen molar-refractivity contribution in [2.24, 2.45) is 0 Å². The maximum absolute atomic E-state index is 13.1. The molecule has 0 radical (unpaired) electrons. The van der Waals surface area contributed by atoms with Crippen molar-refractivity contribution in [1.82, 2.24) is 15.1 Å². The molecule has 200 valence electrons. The zero-order chi connectivity index (χ0) is 26.6. The third kappa shape index (κ3) is 7.13. The van der Waals surface area contributed by atoms with E-state index in [9.17, 15) is 31.1 Å². The number of carbonyl (C=O) groups excluding carboxylic acids is 1. The number of amides is 1. The summed E-state index contributed by atoms with van der Waals surface area (Å²) in [5, 5.41) is 2.51. The number of rotatable bonds is 7. The van der Waals surface area contributed by atoms with Crippen LogP contribution in [0.4, 0.5) is 26.3 Å². The number of hydrogen-bond donors (Lipinski definition) is 1. The number of carbonyl (C=O) groups is 1. The molecule has 2 aliphatic heterocycles. The van der Waals surface area contributed by atoms with Crippen LogP contribution in [0.1, 0.15) is 41.0 Å². The number of piperidine rings is 1. The molecule has 2 aromatic carbocycles. The molecule has 10 heteroatoms. The molecule has 0 saturated carbocycles. The Bertz CT molecular complexity index is 1070. The van der Waals surface area contributed by atoms with Crippen LogP contribution in [0.3, 0.4) is 0 Å². The molecule has 1 fully saturated rings. The Morgan fingerprint density at radius 2 is 1.62 bits per heavy atom. The van der Waals surface area contributed by atoms with Gasteiger partial charge in [0.05, 0.1) is 11.1 Å². The predicted octanol–water partition coefficient (Wildman–Crippen LogP) is 5.46. The van der Waals surface area contributed by atoms with Gasteiger partial charge in [-0.3, -0.25) is 9.69 Å². The number of nitrogens with one attached hydrogen (secondary N) is 1.